The SMILES string of the molecule is OC(Nc1ccccc1)c1cc(-c2ccc3[nH]ncc3c2)on1. The van der Waals surface area contributed by atoms with Crippen LogP contribution in [-0.2, 0) is 0 Å². The Labute approximate surface area is 131 Å². The first kappa shape index (κ1) is 13.5. The zero-order valence-electron chi connectivity index (χ0n) is 12.1. The van der Waals surface area contributed by atoms with Crippen molar-refractivity contribution in [3.05, 3.63) is 66.5 Å². The predicted octanol–water partition coefficient (Wildman–Crippen LogP) is 3.32. The Morgan fingerprint density at radius 1 is 1.09 bits per heavy atom. The van der Waals surface area contributed by atoms with Crippen LogP contribution >= 0.6 is 0 Å². The van der Waals surface area contributed by atoms with E-state index in [0.717, 1.165) is 22.2 Å². The molecule has 114 valence electrons. The number of H-pyrrole nitrogens is 1. The summed E-state index contributed by atoms with van der Waals surface area (Å²) in [6, 6.07) is 17.0. The van der Waals surface area contributed by atoms with Gasteiger partial charge in [0.1, 0.15) is 5.69 Å². The molecule has 0 aliphatic rings. The molecule has 2 aromatic heterocycles. The van der Waals surface area contributed by atoms with Gasteiger partial charge in [0, 0.05) is 22.7 Å². The number of aliphatic hydroxyl groups is 1. The number of hydrogen-bond acceptors (Lipinski definition) is 5. The van der Waals surface area contributed by atoms with Crippen LogP contribution in [0.2, 0.25) is 0 Å². The summed E-state index contributed by atoms with van der Waals surface area (Å²) < 4.78 is 5.35. The van der Waals surface area contributed by atoms with Crippen molar-refractivity contribution in [1.29, 1.82) is 0 Å². The topological polar surface area (TPSA) is 87.0 Å². The highest BCUT2D eigenvalue weighted by Gasteiger charge is 2.14. The maximum atomic E-state index is 10.2. The van der Waals surface area contributed by atoms with Crippen molar-refractivity contribution in [3.63, 3.8) is 0 Å². The van der Waals surface area contributed by atoms with E-state index in [4.69, 9.17) is 4.52 Å². The van der Waals surface area contributed by atoms with Gasteiger partial charge in [-0.05, 0) is 30.3 Å². The molecular weight excluding hydrogens is 292 g/mol. The molecule has 6 heteroatoms. The minimum atomic E-state index is -0.937. The minimum Gasteiger partial charge on any atom is -0.368 e. The largest absolute Gasteiger partial charge is 0.368 e. The third-order valence-corrected chi connectivity index (χ3v) is 3.61. The average molecular weight is 306 g/mol. The van der Waals surface area contributed by atoms with Crippen LogP contribution in [0.1, 0.15) is 11.9 Å². The summed E-state index contributed by atoms with van der Waals surface area (Å²) in [6.45, 7) is 0. The van der Waals surface area contributed by atoms with Gasteiger partial charge in [-0.3, -0.25) is 5.10 Å². The Morgan fingerprint density at radius 3 is 2.83 bits per heavy atom. The summed E-state index contributed by atoms with van der Waals surface area (Å²) >= 11 is 0. The molecule has 4 aromatic rings. The van der Waals surface area contributed by atoms with Gasteiger partial charge < -0.3 is 14.9 Å². The number of fused-ring (bicyclic) bond motifs is 1. The van der Waals surface area contributed by atoms with Gasteiger partial charge in [0.25, 0.3) is 0 Å². The number of aromatic nitrogens is 3. The number of rotatable bonds is 4. The zero-order valence-corrected chi connectivity index (χ0v) is 12.1. The number of hydrogen-bond donors (Lipinski definition) is 3. The summed E-state index contributed by atoms with van der Waals surface area (Å²) in [6.07, 6.45) is 0.814. The van der Waals surface area contributed by atoms with Crippen molar-refractivity contribution >= 4 is 16.6 Å². The third kappa shape index (κ3) is 2.67. The van der Waals surface area contributed by atoms with Crippen LogP contribution in [-0.4, -0.2) is 20.5 Å². The number of nitrogens with zero attached hydrogens (tertiary/aromatic N) is 2. The monoisotopic (exact) mass is 306 g/mol. The molecule has 4 rings (SSSR count). The van der Waals surface area contributed by atoms with Crippen molar-refractivity contribution in [2.75, 3.05) is 5.32 Å². The summed E-state index contributed by atoms with van der Waals surface area (Å²) in [7, 11) is 0. The normalized spacial score (nSPS) is 12.4. The van der Waals surface area contributed by atoms with Crippen molar-refractivity contribution in [1.82, 2.24) is 15.4 Å². The molecule has 0 saturated carbocycles. The number of anilines is 1. The van der Waals surface area contributed by atoms with E-state index in [9.17, 15) is 5.11 Å². The smallest absolute Gasteiger partial charge is 0.171 e. The number of nitrogens with one attached hydrogen (secondary N) is 2. The molecular formula is C17H14N4O2. The van der Waals surface area contributed by atoms with Gasteiger partial charge in [-0.25, -0.2) is 0 Å². The number of aliphatic hydroxyl groups excluding tert-OH is 1. The molecule has 2 heterocycles. The molecule has 1 unspecified atom stereocenters. The average Bonchev–Trinajstić information content (AvgIpc) is 3.24. The lowest BCUT2D eigenvalue weighted by molar-refractivity contribution is 0.197. The summed E-state index contributed by atoms with van der Waals surface area (Å²) in [5.74, 6) is 0.594. The van der Waals surface area contributed by atoms with Crippen LogP contribution in [0, 0.1) is 0 Å². The third-order valence-electron chi connectivity index (χ3n) is 3.61. The fourth-order valence-electron chi connectivity index (χ4n) is 2.42. The van der Waals surface area contributed by atoms with Crippen LogP contribution in [0.3, 0.4) is 0 Å². The number of para-hydroxylation sites is 1. The lowest BCUT2D eigenvalue weighted by atomic mass is 10.1. The molecule has 0 aliphatic heterocycles. The maximum absolute atomic E-state index is 10.2. The zero-order chi connectivity index (χ0) is 15.6. The fourth-order valence-corrected chi connectivity index (χ4v) is 2.42. The van der Waals surface area contributed by atoms with Gasteiger partial charge in [0.05, 0.1) is 11.7 Å². The van der Waals surface area contributed by atoms with E-state index >= 15 is 0 Å². The van der Waals surface area contributed by atoms with Gasteiger partial charge in [-0.1, -0.05) is 23.4 Å². The Morgan fingerprint density at radius 2 is 1.96 bits per heavy atom. The molecule has 0 fully saturated rings. The number of benzene rings is 2. The predicted molar refractivity (Wildman–Crippen MR) is 86.6 cm³/mol. The van der Waals surface area contributed by atoms with Crippen LogP contribution in [0.25, 0.3) is 22.2 Å². The molecule has 1 atom stereocenters. The molecule has 0 saturated heterocycles. The first-order valence-corrected chi connectivity index (χ1v) is 7.19. The summed E-state index contributed by atoms with van der Waals surface area (Å²) in [4.78, 5) is 0. The van der Waals surface area contributed by atoms with Crippen LogP contribution in [0.15, 0.2) is 65.3 Å². The highest BCUT2D eigenvalue weighted by molar-refractivity contribution is 5.83. The van der Waals surface area contributed by atoms with E-state index in [1.165, 1.54) is 0 Å². The van der Waals surface area contributed by atoms with E-state index < -0.39 is 6.23 Å². The maximum Gasteiger partial charge on any atom is 0.171 e. The van der Waals surface area contributed by atoms with Crippen molar-refractivity contribution in [2.24, 2.45) is 0 Å². The first-order chi connectivity index (χ1) is 11.3. The minimum absolute atomic E-state index is 0.427. The Balaban J connectivity index is 1.58. The van der Waals surface area contributed by atoms with Crippen LogP contribution < -0.4 is 5.32 Å². The van der Waals surface area contributed by atoms with Gasteiger partial charge in [-0.15, -0.1) is 0 Å². The lowest BCUT2D eigenvalue weighted by Crippen LogP contribution is -2.09. The summed E-state index contributed by atoms with van der Waals surface area (Å²) in [5.41, 5.74) is 3.07. The van der Waals surface area contributed by atoms with Gasteiger partial charge in [-0.2, -0.15) is 5.10 Å². The number of aromatic amines is 1. The second-order valence-corrected chi connectivity index (χ2v) is 5.20. The fraction of sp³-hybridized carbons (Fsp3) is 0.0588. The van der Waals surface area contributed by atoms with E-state index in [1.54, 1.807) is 12.3 Å². The Bertz CT molecular complexity index is 930. The Kier molecular flexibility index (Phi) is 3.29. The molecule has 0 aliphatic carbocycles. The van der Waals surface area contributed by atoms with E-state index in [2.05, 4.69) is 20.7 Å². The highest BCUT2D eigenvalue weighted by Crippen LogP contribution is 2.26. The quantitative estimate of drug-likeness (QED) is 0.503. The van der Waals surface area contributed by atoms with Crippen molar-refractivity contribution < 1.29 is 9.63 Å². The van der Waals surface area contributed by atoms with Crippen molar-refractivity contribution in [3.8, 4) is 11.3 Å². The molecule has 0 bridgehead atoms. The molecule has 0 amide bonds. The van der Waals surface area contributed by atoms with Gasteiger partial charge in [0.2, 0.25) is 0 Å². The molecule has 0 radical (unpaired) electrons. The molecule has 6 nitrogen and oxygen atoms in total. The Hall–Kier alpha value is -3.12. The highest BCUT2D eigenvalue weighted by atomic mass is 16.5. The summed E-state index contributed by atoms with van der Waals surface area (Å²) in [5, 5.41) is 25.0. The first-order valence-electron chi connectivity index (χ1n) is 7.19. The van der Waals surface area contributed by atoms with Crippen LogP contribution in [0.5, 0.6) is 0 Å². The van der Waals surface area contributed by atoms with Crippen LogP contribution in [0.4, 0.5) is 5.69 Å². The molecule has 23 heavy (non-hydrogen) atoms. The molecule has 0 spiro atoms. The standard InChI is InChI=1S/C17H14N4O2/c22-17(19-13-4-2-1-3-5-13)15-9-16(23-21-15)11-6-7-14-12(8-11)10-18-20-14/h1-10,17,19,22H,(H,18,20). The van der Waals surface area contributed by atoms with E-state index in [1.807, 2.05) is 48.5 Å². The molecule has 2 aromatic carbocycles. The molecule has 3 N–H and O–H groups in total. The van der Waals surface area contributed by atoms with Crippen molar-refractivity contribution in [2.45, 2.75) is 6.23 Å². The van der Waals surface area contributed by atoms with E-state index in [0.29, 0.717) is 11.5 Å². The van der Waals surface area contributed by atoms with Gasteiger partial charge in [0.15, 0.2) is 12.0 Å². The van der Waals surface area contributed by atoms with E-state index in [-0.39, 0.29) is 0 Å². The van der Waals surface area contributed by atoms with Gasteiger partial charge >= 0.3 is 0 Å². The second-order valence-electron chi connectivity index (χ2n) is 5.20. The lowest BCUT2D eigenvalue weighted by Gasteiger charge is -2.10. The second kappa shape index (κ2) is 5.58.